The Bertz CT molecular complexity index is 1050. The average Bonchev–Trinajstić information content (AvgIpc) is 3.39. The van der Waals surface area contributed by atoms with E-state index in [-0.39, 0.29) is 5.56 Å². The molecule has 1 N–H and O–H groups in total. The van der Waals surface area contributed by atoms with Crippen LogP contribution in [0.15, 0.2) is 29.1 Å². The third-order valence-corrected chi connectivity index (χ3v) is 6.03. The summed E-state index contributed by atoms with van der Waals surface area (Å²) in [7, 11) is 0. The van der Waals surface area contributed by atoms with Crippen LogP contribution in [-0.4, -0.2) is 26.0 Å². The number of fused-ring (bicyclic) bond motifs is 2. The summed E-state index contributed by atoms with van der Waals surface area (Å²) < 4.78 is 1.60. The fourth-order valence-electron chi connectivity index (χ4n) is 3.70. The molecule has 5 nitrogen and oxygen atoms in total. The molecule has 134 valence electrons. The highest BCUT2D eigenvalue weighted by atomic mass is 35.5. The van der Waals surface area contributed by atoms with Crippen molar-refractivity contribution in [3.05, 3.63) is 67.2 Å². The molecule has 3 aromatic rings. The normalized spacial score (nSPS) is 17.6. The Kier molecular flexibility index (Phi) is 3.85. The molecule has 26 heavy (non-hydrogen) atoms. The second kappa shape index (κ2) is 6.12. The number of nitrogens with one attached hydrogen (secondary N) is 1. The molecule has 7 heteroatoms. The van der Waals surface area contributed by atoms with E-state index < -0.39 is 0 Å². The Morgan fingerprint density at radius 1 is 1.23 bits per heavy atom. The van der Waals surface area contributed by atoms with Crippen molar-refractivity contribution in [2.45, 2.75) is 38.3 Å². The first-order valence-corrected chi connectivity index (χ1v) is 9.64. The van der Waals surface area contributed by atoms with Gasteiger partial charge in [-0.05, 0) is 25.0 Å². The van der Waals surface area contributed by atoms with Crippen molar-refractivity contribution in [3.63, 3.8) is 0 Å². The maximum Gasteiger partial charge on any atom is 0.277 e. The lowest BCUT2D eigenvalue weighted by molar-refractivity contribution is 0.241. The molecule has 0 unspecified atom stereocenters. The largest absolute Gasteiger partial charge is 0.294 e. The van der Waals surface area contributed by atoms with E-state index in [1.165, 1.54) is 12.8 Å². The zero-order valence-corrected chi connectivity index (χ0v) is 15.6. The van der Waals surface area contributed by atoms with E-state index >= 15 is 0 Å². The van der Waals surface area contributed by atoms with E-state index in [0.29, 0.717) is 29.1 Å². The zero-order chi connectivity index (χ0) is 17.8. The van der Waals surface area contributed by atoms with Crippen molar-refractivity contribution >= 4 is 28.8 Å². The maximum absolute atomic E-state index is 13.0. The van der Waals surface area contributed by atoms with Gasteiger partial charge in [0.25, 0.3) is 5.56 Å². The van der Waals surface area contributed by atoms with Gasteiger partial charge in [-0.15, -0.1) is 0 Å². The monoisotopic (exact) mass is 388 g/mol. The van der Waals surface area contributed by atoms with Crippen LogP contribution >= 0.6 is 23.2 Å². The third kappa shape index (κ3) is 2.75. The molecular formula is C19H18Cl2N4O. The zero-order valence-electron chi connectivity index (χ0n) is 14.1. The molecule has 5 rings (SSSR count). The first-order valence-electron chi connectivity index (χ1n) is 8.89. The molecule has 2 aromatic heterocycles. The third-order valence-electron chi connectivity index (χ3n) is 5.32. The van der Waals surface area contributed by atoms with E-state index in [9.17, 15) is 4.79 Å². The number of aromatic amines is 1. The summed E-state index contributed by atoms with van der Waals surface area (Å²) in [6.45, 7) is 2.01. The summed E-state index contributed by atoms with van der Waals surface area (Å²) in [5.41, 5.74) is 4.45. The average molecular weight is 389 g/mol. The van der Waals surface area contributed by atoms with Crippen molar-refractivity contribution in [1.82, 2.24) is 19.5 Å². The lowest BCUT2D eigenvalue weighted by Crippen LogP contribution is -2.36. The predicted octanol–water partition coefficient (Wildman–Crippen LogP) is 3.77. The van der Waals surface area contributed by atoms with Crippen LogP contribution in [0, 0.1) is 0 Å². The van der Waals surface area contributed by atoms with Crippen molar-refractivity contribution in [3.8, 4) is 0 Å². The van der Waals surface area contributed by atoms with E-state index in [1.807, 2.05) is 24.3 Å². The van der Waals surface area contributed by atoms with Gasteiger partial charge in [0.1, 0.15) is 0 Å². The van der Waals surface area contributed by atoms with Gasteiger partial charge in [-0.3, -0.25) is 14.8 Å². The minimum Gasteiger partial charge on any atom is -0.294 e. The molecule has 1 aliphatic heterocycles. The maximum atomic E-state index is 13.0. The molecule has 1 saturated carbocycles. The minimum absolute atomic E-state index is 0.00635. The standard InChI is InChI=1S/C19H18Cl2N4O/c20-14-2-1-3-15(21)12(14)9-24-7-6-16-13(10-24)19(26)25-18(22-16)8-17(23-25)11-4-5-11/h1-3,8,11,23H,4-7,9-10H2. The summed E-state index contributed by atoms with van der Waals surface area (Å²) in [6.07, 6.45) is 3.13. The van der Waals surface area contributed by atoms with E-state index in [4.69, 9.17) is 28.2 Å². The Morgan fingerprint density at radius 3 is 2.73 bits per heavy atom. The number of aromatic nitrogens is 3. The molecule has 1 fully saturated rings. The molecular weight excluding hydrogens is 371 g/mol. The Hall–Kier alpha value is -1.82. The molecule has 2 aliphatic rings. The summed E-state index contributed by atoms with van der Waals surface area (Å²) in [5, 5.41) is 4.56. The Balaban J connectivity index is 1.48. The number of benzene rings is 1. The minimum atomic E-state index is 0.00635. The van der Waals surface area contributed by atoms with E-state index in [0.717, 1.165) is 41.1 Å². The van der Waals surface area contributed by atoms with Gasteiger partial charge in [-0.2, -0.15) is 0 Å². The molecule has 0 spiro atoms. The van der Waals surface area contributed by atoms with Crippen LogP contribution in [0.4, 0.5) is 0 Å². The molecule has 0 atom stereocenters. The molecule has 0 bridgehead atoms. The summed E-state index contributed by atoms with van der Waals surface area (Å²) in [4.78, 5) is 19.9. The van der Waals surface area contributed by atoms with Gasteiger partial charge in [0.15, 0.2) is 5.65 Å². The summed E-state index contributed by atoms with van der Waals surface area (Å²) >= 11 is 12.6. The molecule has 3 heterocycles. The molecule has 0 saturated heterocycles. The number of nitrogens with zero attached hydrogens (tertiary/aromatic N) is 3. The van der Waals surface area contributed by atoms with Gasteiger partial charge in [0, 0.05) is 59.3 Å². The van der Waals surface area contributed by atoms with Crippen molar-refractivity contribution in [2.75, 3.05) is 6.54 Å². The lowest BCUT2D eigenvalue weighted by atomic mass is 10.1. The summed E-state index contributed by atoms with van der Waals surface area (Å²) in [5.74, 6) is 0.562. The van der Waals surface area contributed by atoms with Gasteiger partial charge in [-0.25, -0.2) is 9.50 Å². The van der Waals surface area contributed by atoms with E-state index in [1.54, 1.807) is 4.52 Å². The van der Waals surface area contributed by atoms with Gasteiger partial charge in [0.05, 0.1) is 11.3 Å². The number of H-pyrrole nitrogens is 1. The van der Waals surface area contributed by atoms with Crippen LogP contribution in [0.5, 0.6) is 0 Å². The predicted molar refractivity (Wildman–Crippen MR) is 102 cm³/mol. The van der Waals surface area contributed by atoms with Crippen LogP contribution < -0.4 is 5.56 Å². The molecule has 1 aromatic carbocycles. The van der Waals surface area contributed by atoms with Crippen LogP contribution in [0.2, 0.25) is 10.0 Å². The molecule has 0 amide bonds. The van der Waals surface area contributed by atoms with Crippen molar-refractivity contribution < 1.29 is 0 Å². The first kappa shape index (κ1) is 16.4. The topological polar surface area (TPSA) is 53.4 Å². The highest BCUT2D eigenvalue weighted by Gasteiger charge is 2.28. The van der Waals surface area contributed by atoms with Crippen molar-refractivity contribution in [1.29, 1.82) is 0 Å². The quantitative estimate of drug-likeness (QED) is 0.742. The van der Waals surface area contributed by atoms with Crippen LogP contribution in [0.3, 0.4) is 0 Å². The highest BCUT2D eigenvalue weighted by molar-refractivity contribution is 6.35. The fraction of sp³-hybridized carbons (Fsp3) is 0.368. The highest BCUT2D eigenvalue weighted by Crippen LogP contribution is 2.39. The number of hydrogen-bond donors (Lipinski definition) is 1. The second-order valence-corrected chi connectivity index (χ2v) is 8.00. The molecule has 0 radical (unpaired) electrons. The van der Waals surface area contributed by atoms with Gasteiger partial charge >= 0.3 is 0 Å². The summed E-state index contributed by atoms with van der Waals surface area (Å²) in [6, 6.07) is 7.56. The Labute approximate surface area is 160 Å². The Morgan fingerprint density at radius 2 is 2.00 bits per heavy atom. The number of rotatable bonds is 3. The number of halogens is 2. The smallest absolute Gasteiger partial charge is 0.277 e. The van der Waals surface area contributed by atoms with Crippen LogP contribution in [0.1, 0.15) is 41.3 Å². The first-order chi connectivity index (χ1) is 12.6. The lowest BCUT2D eigenvalue weighted by Gasteiger charge is -2.28. The fourth-order valence-corrected chi connectivity index (χ4v) is 4.22. The second-order valence-electron chi connectivity index (χ2n) is 7.18. The van der Waals surface area contributed by atoms with Crippen LogP contribution in [-0.2, 0) is 19.5 Å². The van der Waals surface area contributed by atoms with Gasteiger partial charge in [-0.1, -0.05) is 29.3 Å². The number of hydrogen-bond acceptors (Lipinski definition) is 3. The van der Waals surface area contributed by atoms with Gasteiger partial charge in [0.2, 0.25) is 0 Å². The van der Waals surface area contributed by atoms with Gasteiger partial charge < -0.3 is 0 Å². The molecule has 1 aliphatic carbocycles. The van der Waals surface area contributed by atoms with E-state index in [2.05, 4.69) is 10.00 Å². The van der Waals surface area contributed by atoms with Crippen LogP contribution in [0.25, 0.3) is 5.65 Å². The van der Waals surface area contributed by atoms with Crippen molar-refractivity contribution in [2.24, 2.45) is 0 Å². The SMILES string of the molecule is O=c1c2c(nc3cc(C4CC4)[nH]n13)CCN(Cc1c(Cl)cccc1Cl)C2.